The number of carbonyl (C=O) groups excluding carboxylic acids is 1. The molecular weight excluding hydrogens is 374 g/mol. The summed E-state index contributed by atoms with van der Waals surface area (Å²) in [7, 11) is 1.65. The summed E-state index contributed by atoms with van der Waals surface area (Å²) in [4.78, 5) is 18.6. The molecule has 5 nitrogen and oxygen atoms in total. The molecule has 1 saturated carbocycles. The van der Waals surface area contributed by atoms with E-state index in [2.05, 4.69) is 39.4 Å². The van der Waals surface area contributed by atoms with Crippen molar-refractivity contribution in [1.29, 1.82) is 0 Å². The minimum Gasteiger partial charge on any atom is -0.497 e. The first kappa shape index (κ1) is 19.4. The van der Waals surface area contributed by atoms with E-state index in [-0.39, 0.29) is 17.9 Å². The van der Waals surface area contributed by atoms with E-state index in [1.165, 1.54) is 36.9 Å². The van der Waals surface area contributed by atoms with Crippen LogP contribution >= 0.6 is 0 Å². The number of carbonyl (C=O) groups is 1. The standard InChI is InChI=1S/C25H31N3O2/c1-30-21-11-6-8-19(16-21)26-25(29)22-15-18-7-2-5-12-23(18)28-14-13-27(17-24(22)28)20-9-3-4-10-20/h2,5-8,11-12,16,20,22,24H,3-4,9-10,13-15,17H2,1H3,(H,26,29)/t22-,24+/m0/s1. The number of fused-ring (bicyclic) bond motifs is 3. The zero-order valence-electron chi connectivity index (χ0n) is 17.7. The number of rotatable bonds is 4. The lowest BCUT2D eigenvalue weighted by Crippen LogP contribution is -2.61. The molecule has 2 heterocycles. The normalized spacial score (nSPS) is 24.2. The summed E-state index contributed by atoms with van der Waals surface area (Å²) >= 11 is 0. The molecule has 5 heteroatoms. The van der Waals surface area contributed by atoms with Gasteiger partial charge in [-0.3, -0.25) is 9.69 Å². The number of piperazine rings is 1. The highest BCUT2D eigenvalue weighted by Crippen LogP contribution is 2.38. The highest BCUT2D eigenvalue weighted by Gasteiger charge is 2.42. The van der Waals surface area contributed by atoms with Crippen molar-refractivity contribution < 1.29 is 9.53 Å². The lowest BCUT2D eigenvalue weighted by atomic mass is 9.83. The van der Waals surface area contributed by atoms with Gasteiger partial charge in [0.15, 0.2) is 0 Å². The van der Waals surface area contributed by atoms with Gasteiger partial charge >= 0.3 is 0 Å². The maximum atomic E-state index is 13.5. The molecule has 158 valence electrons. The fourth-order valence-corrected chi connectivity index (χ4v) is 5.62. The summed E-state index contributed by atoms with van der Waals surface area (Å²) in [5.74, 6) is 0.810. The van der Waals surface area contributed by atoms with Crippen molar-refractivity contribution in [3.05, 3.63) is 54.1 Å². The van der Waals surface area contributed by atoms with E-state index in [0.717, 1.165) is 37.5 Å². The molecule has 1 aliphatic carbocycles. The average Bonchev–Trinajstić information content (AvgIpc) is 3.33. The molecule has 0 spiro atoms. The SMILES string of the molecule is COc1cccc(NC(=O)[C@H]2Cc3ccccc3N3CCN(C4CCCC4)C[C@H]23)c1. The van der Waals surface area contributed by atoms with E-state index in [0.29, 0.717) is 6.04 Å². The van der Waals surface area contributed by atoms with Crippen LogP contribution in [0.25, 0.3) is 0 Å². The summed E-state index contributed by atoms with van der Waals surface area (Å²) in [5.41, 5.74) is 3.40. The van der Waals surface area contributed by atoms with E-state index in [4.69, 9.17) is 4.74 Å². The molecule has 5 rings (SSSR count). The summed E-state index contributed by atoms with van der Waals surface area (Å²) in [5, 5.41) is 3.17. The highest BCUT2D eigenvalue weighted by molar-refractivity contribution is 5.94. The number of nitrogens with one attached hydrogen (secondary N) is 1. The molecule has 0 bridgehead atoms. The molecule has 2 aromatic carbocycles. The lowest BCUT2D eigenvalue weighted by Gasteiger charge is -2.50. The Morgan fingerprint density at radius 2 is 1.90 bits per heavy atom. The Morgan fingerprint density at radius 3 is 2.73 bits per heavy atom. The molecule has 0 unspecified atom stereocenters. The number of para-hydroxylation sites is 1. The van der Waals surface area contributed by atoms with E-state index in [1.54, 1.807) is 7.11 Å². The predicted octanol–water partition coefficient (Wildman–Crippen LogP) is 3.94. The second-order valence-corrected chi connectivity index (χ2v) is 8.85. The monoisotopic (exact) mass is 405 g/mol. The smallest absolute Gasteiger partial charge is 0.229 e. The Labute approximate surface area is 179 Å². The van der Waals surface area contributed by atoms with Crippen molar-refractivity contribution in [2.75, 3.05) is 37.0 Å². The maximum Gasteiger partial charge on any atom is 0.229 e. The molecule has 1 amide bonds. The van der Waals surface area contributed by atoms with Crippen LogP contribution in [0.5, 0.6) is 5.75 Å². The molecule has 0 aromatic heterocycles. The van der Waals surface area contributed by atoms with Crippen LogP contribution in [0.1, 0.15) is 31.2 Å². The Balaban J connectivity index is 1.41. The first-order chi connectivity index (χ1) is 14.7. The van der Waals surface area contributed by atoms with Gasteiger partial charge in [-0.15, -0.1) is 0 Å². The number of ether oxygens (including phenoxy) is 1. The molecule has 1 saturated heterocycles. The third kappa shape index (κ3) is 3.67. The Hall–Kier alpha value is -2.53. The van der Waals surface area contributed by atoms with Crippen LogP contribution in [0, 0.1) is 5.92 Å². The van der Waals surface area contributed by atoms with E-state index in [9.17, 15) is 4.79 Å². The molecular formula is C25H31N3O2. The van der Waals surface area contributed by atoms with Crippen molar-refractivity contribution in [2.24, 2.45) is 5.92 Å². The second-order valence-electron chi connectivity index (χ2n) is 8.85. The molecule has 2 atom stereocenters. The van der Waals surface area contributed by atoms with E-state index < -0.39 is 0 Å². The van der Waals surface area contributed by atoms with Gasteiger partial charge in [0.05, 0.1) is 19.1 Å². The largest absolute Gasteiger partial charge is 0.497 e. The fourth-order valence-electron chi connectivity index (χ4n) is 5.62. The van der Waals surface area contributed by atoms with Crippen LogP contribution in [0.4, 0.5) is 11.4 Å². The van der Waals surface area contributed by atoms with Gasteiger partial charge in [0.2, 0.25) is 5.91 Å². The molecule has 30 heavy (non-hydrogen) atoms. The van der Waals surface area contributed by atoms with E-state index >= 15 is 0 Å². The summed E-state index contributed by atoms with van der Waals surface area (Å²) in [6.07, 6.45) is 6.11. The maximum absolute atomic E-state index is 13.5. The minimum atomic E-state index is -0.0599. The number of methoxy groups -OCH3 is 1. The third-order valence-electron chi connectivity index (χ3n) is 7.17. The van der Waals surface area contributed by atoms with Crippen LogP contribution in [0.15, 0.2) is 48.5 Å². The zero-order chi connectivity index (χ0) is 20.5. The van der Waals surface area contributed by atoms with Gasteiger partial charge in [0, 0.05) is 43.1 Å². The van der Waals surface area contributed by atoms with Crippen LogP contribution in [-0.2, 0) is 11.2 Å². The zero-order valence-corrected chi connectivity index (χ0v) is 17.7. The Kier molecular flexibility index (Phi) is 5.38. The molecule has 1 N–H and O–H groups in total. The van der Waals surface area contributed by atoms with Crippen molar-refractivity contribution >= 4 is 17.3 Å². The van der Waals surface area contributed by atoms with Crippen molar-refractivity contribution in [3.63, 3.8) is 0 Å². The highest BCUT2D eigenvalue weighted by atomic mass is 16.5. The number of hydrogen-bond donors (Lipinski definition) is 1. The number of nitrogens with zero attached hydrogens (tertiary/aromatic N) is 2. The summed E-state index contributed by atoms with van der Waals surface area (Å²) < 4.78 is 5.32. The third-order valence-corrected chi connectivity index (χ3v) is 7.17. The first-order valence-electron chi connectivity index (χ1n) is 11.3. The summed E-state index contributed by atoms with van der Waals surface area (Å²) in [6, 6.07) is 17.2. The number of amides is 1. The van der Waals surface area contributed by atoms with Crippen molar-refractivity contribution in [2.45, 2.75) is 44.2 Å². The molecule has 2 aromatic rings. The van der Waals surface area contributed by atoms with Gasteiger partial charge in [-0.2, -0.15) is 0 Å². The predicted molar refractivity (Wildman–Crippen MR) is 120 cm³/mol. The van der Waals surface area contributed by atoms with Crippen molar-refractivity contribution in [3.8, 4) is 5.75 Å². The Morgan fingerprint density at radius 1 is 1.07 bits per heavy atom. The fraction of sp³-hybridized carbons (Fsp3) is 0.480. The average molecular weight is 406 g/mol. The topological polar surface area (TPSA) is 44.8 Å². The first-order valence-corrected chi connectivity index (χ1v) is 11.3. The van der Waals surface area contributed by atoms with Gasteiger partial charge in [0.1, 0.15) is 5.75 Å². The van der Waals surface area contributed by atoms with Gasteiger partial charge < -0.3 is 15.0 Å². The van der Waals surface area contributed by atoms with Gasteiger partial charge in [-0.25, -0.2) is 0 Å². The quantitative estimate of drug-likeness (QED) is 0.837. The molecule has 0 radical (unpaired) electrons. The Bertz CT molecular complexity index is 909. The van der Waals surface area contributed by atoms with Gasteiger partial charge in [0.25, 0.3) is 0 Å². The van der Waals surface area contributed by atoms with Gasteiger partial charge in [-0.1, -0.05) is 37.1 Å². The molecule has 2 fully saturated rings. The lowest BCUT2D eigenvalue weighted by molar-refractivity contribution is -0.121. The molecule has 3 aliphatic rings. The minimum absolute atomic E-state index is 0.0599. The number of hydrogen-bond acceptors (Lipinski definition) is 4. The summed E-state index contributed by atoms with van der Waals surface area (Å²) in [6.45, 7) is 3.08. The molecule has 2 aliphatic heterocycles. The van der Waals surface area contributed by atoms with Crippen LogP contribution in [0.2, 0.25) is 0 Å². The van der Waals surface area contributed by atoms with E-state index in [1.807, 2.05) is 24.3 Å². The number of anilines is 2. The number of benzene rings is 2. The van der Waals surface area contributed by atoms with Gasteiger partial charge in [-0.05, 0) is 43.0 Å². The van der Waals surface area contributed by atoms with Crippen LogP contribution in [0.3, 0.4) is 0 Å². The van der Waals surface area contributed by atoms with Crippen molar-refractivity contribution in [1.82, 2.24) is 4.90 Å². The van der Waals surface area contributed by atoms with Crippen LogP contribution < -0.4 is 15.0 Å². The second kappa shape index (κ2) is 8.31. The van der Waals surface area contributed by atoms with Crippen LogP contribution in [-0.4, -0.2) is 49.6 Å².